The monoisotopic (exact) mass is 408 g/mol. The van der Waals surface area contributed by atoms with Crippen LogP contribution >= 0.6 is 0 Å². The molecule has 154 valence electrons. The number of methoxy groups -OCH3 is 2. The summed E-state index contributed by atoms with van der Waals surface area (Å²) in [5, 5.41) is 12.4. The third-order valence-corrected chi connectivity index (χ3v) is 4.50. The van der Waals surface area contributed by atoms with Gasteiger partial charge < -0.3 is 14.6 Å². The number of benzene rings is 2. The summed E-state index contributed by atoms with van der Waals surface area (Å²) in [6.07, 6.45) is 3.30. The third kappa shape index (κ3) is 3.88. The average molecular weight is 408 g/mol. The number of hydrogen-bond acceptors (Lipinski definition) is 6. The lowest BCUT2D eigenvalue weighted by Crippen LogP contribution is -2.54. The second kappa shape index (κ2) is 8.52. The molecule has 8 nitrogen and oxygen atoms in total. The van der Waals surface area contributed by atoms with E-state index >= 15 is 0 Å². The van der Waals surface area contributed by atoms with Crippen molar-refractivity contribution in [1.29, 1.82) is 0 Å². The largest absolute Gasteiger partial charge is 0.504 e. The van der Waals surface area contributed by atoms with E-state index in [1.165, 1.54) is 38.5 Å². The lowest BCUT2D eigenvalue weighted by atomic mass is 10.0. The zero-order chi connectivity index (χ0) is 21.8. The Hall–Kier alpha value is -4.07. The van der Waals surface area contributed by atoms with E-state index in [2.05, 4.69) is 11.9 Å². The number of carbonyl (C=O) groups is 3. The first-order valence-corrected chi connectivity index (χ1v) is 8.96. The number of nitrogens with zero attached hydrogens (tertiary/aromatic N) is 1. The van der Waals surface area contributed by atoms with Gasteiger partial charge >= 0.3 is 6.03 Å². The van der Waals surface area contributed by atoms with Crippen LogP contribution in [0.2, 0.25) is 0 Å². The number of rotatable bonds is 6. The molecule has 0 aromatic heterocycles. The number of carbonyl (C=O) groups excluding carboxylic acids is 3. The van der Waals surface area contributed by atoms with Crippen LogP contribution in [0.1, 0.15) is 11.1 Å². The Morgan fingerprint density at radius 1 is 1.10 bits per heavy atom. The van der Waals surface area contributed by atoms with Crippen LogP contribution in [0.3, 0.4) is 0 Å². The van der Waals surface area contributed by atoms with E-state index < -0.39 is 17.8 Å². The SMILES string of the molecule is C=CCc1cc(C=C2C(=O)NC(=O)N(c3ccc(OC)cc3)C2=O)cc(OC)c1O. The summed E-state index contributed by atoms with van der Waals surface area (Å²) in [5.74, 6) is -0.887. The first-order valence-electron chi connectivity index (χ1n) is 8.96. The van der Waals surface area contributed by atoms with Crippen LogP contribution in [0.25, 0.3) is 6.08 Å². The lowest BCUT2D eigenvalue weighted by molar-refractivity contribution is -0.122. The Morgan fingerprint density at radius 2 is 1.80 bits per heavy atom. The molecule has 0 atom stereocenters. The maximum Gasteiger partial charge on any atom is 0.335 e. The minimum atomic E-state index is -0.844. The van der Waals surface area contributed by atoms with Crippen LogP contribution < -0.4 is 19.7 Å². The molecule has 1 aliphatic rings. The van der Waals surface area contributed by atoms with Crippen molar-refractivity contribution in [2.45, 2.75) is 6.42 Å². The molecule has 1 saturated heterocycles. The number of nitrogens with one attached hydrogen (secondary N) is 1. The second-order valence-corrected chi connectivity index (χ2v) is 6.38. The quantitative estimate of drug-likeness (QED) is 0.433. The fourth-order valence-electron chi connectivity index (χ4n) is 3.03. The van der Waals surface area contributed by atoms with Gasteiger partial charge in [-0.1, -0.05) is 6.08 Å². The molecular weight excluding hydrogens is 388 g/mol. The molecule has 0 aliphatic carbocycles. The molecule has 2 aromatic carbocycles. The summed E-state index contributed by atoms with van der Waals surface area (Å²) in [6, 6.07) is 8.53. The number of aromatic hydroxyl groups is 1. The van der Waals surface area contributed by atoms with E-state index in [9.17, 15) is 19.5 Å². The van der Waals surface area contributed by atoms with E-state index in [0.717, 1.165) is 4.90 Å². The van der Waals surface area contributed by atoms with Crippen molar-refractivity contribution in [2.24, 2.45) is 0 Å². The zero-order valence-corrected chi connectivity index (χ0v) is 16.5. The average Bonchev–Trinajstić information content (AvgIpc) is 2.73. The van der Waals surface area contributed by atoms with Gasteiger partial charge in [-0.15, -0.1) is 6.58 Å². The van der Waals surface area contributed by atoms with Crippen molar-refractivity contribution in [1.82, 2.24) is 5.32 Å². The Bertz CT molecular complexity index is 1060. The van der Waals surface area contributed by atoms with Crippen LogP contribution in [0.15, 0.2) is 54.6 Å². The molecule has 4 amide bonds. The standard InChI is InChI=1S/C22H20N2O6/c1-4-5-14-10-13(12-18(30-3)19(14)25)11-17-20(26)23-22(28)24(21(17)27)15-6-8-16(29-2)9-7-15/h4,6-12,25H,1,5H2,2-3H3,(H,23,26,28). The van der Waals surface area contributed by atoms with Gasteiger partial charge in [-0.3, -0.25) is 14.9 Å². The number of amides is 4. The molecule has 1 aliphatic heterocycles. The van der Waals surface area contributed by atoms with Gasteiger partial charge in [-0.05, 0) is 54.5 Å². The number of phenolic OH excluding ortho intramolecular Hbond substituents is 1. The van der Waals surface area contributed by atoms with E-state index in [0.29, 0.717) is 23.3 Å². The molecule has 0 bridgehead atoms. The van der Waals surface area contributed by atoms with Gasteiger partial charge in [0.05, 0.1) is 19.9 Å². The first kappa shape index (κ1) is 20.7. The molecule has 3 rings (SSSR count). The van der Waals surface area contributed by atoms with Crippen LogP contribution in [0.4, 0.5) is 10.5 Å². The van der Waals surface area contributed by atoms with Crippen LogP contribution in [-0.2, 0) is 16.0 Å². The maximum absolute atomic E-state index is 13.0. The number of urea groups is 1. The van der Waals surface area contributed by atoms with E-state index in [1.54, 1.807) is 24.3 Å². The third-order valence-electron chi connectivity index (χ3n) is 4.50. The number of phenols is 1. The molecule has 0 spiro atoms. The van der Waals surface area contributed by atoms with Gasteiger partial charge in [0.2, 0.25) is 0 Å². The first-order chi connectivity index (χ1) is 14.4. The molecule has 0 saturated carbocycles. The number of imide groups is 2. The van der Waals surface area contributed by atoms with Crippen molar-refractivity contribution in [3.63, 3.8) is 0 Å². The molecular formula is C22H20N2O6. The Labute approximate surface area is 173 Å². The molecule has 1 fully saturated rings. The fraction of sp³-hybridized carbons (Fsp3) is 0.136. The summed E-state index contributed by atoms with van der Waals surface area (Å²) >= 11 is 0. The Balaban J connectivity index is 2.04. The highest BCUT2D eigenvalue weighted by Crippen LogP contribution is 2.33. The van der Waals surface area contributed by atoms with E-state index in [1.807, 2.05) is 0 Å². The second-order valence-electron chi connectivity index (χ2n) is 6.38. The van der Waals surface area contributed by atoms with Gasteiger partial charge in [0.15, 0.2) is 11.5 Å². The number of ether oxygens (including phenoxy) is 2. The minimum absolute atomic E-state index is 0.0472. The van der Waals surface area contributed by atoms with Gasteiger partial charge in [-0.25, -0.2) is 9.69 Å². The smallest absolute Gasteiger partial charge is 0.335 e. The molecule has 8 heteroatoms. The van der Waals surface area contributed by atoms with E-state index in [4.69, 9.17) is 9.47 Å². The Kier molecular flexibility index (Phi) is 5.87. The fourth-order valence-corrected chi connectivity index (χ4v) is 3.03. The zero-order valence-electron chi connectivity index (χ0n) is 16.5. The van der Waals surface area contributed by atoms with Gasteiger partial charge in [-0.2, -0.15) is 0 Å². The number of anilines is 1. The Morgan fingerprint density at radius 3 is 2.40 bits per heavy atom. The molecule has 2 N–H and O–H groups in total. The highest BCUT2D eigenvalue weighted by molar-refractivity contribution is 6.39. The lowest BCUT2D eigenvalue weighted by Gasteiger charge is -2.26. The van der Waals surface area contributed by atoms with Crippen LogP contribution in [0.5, 0.6) is 17.2 Å². The number of hydrogen-bond donors (Lipinski definition) is 2. The van der Waals surface area contributed by atoms with Gasteiger partial charge in [0.25, 0.3) is 11.8 Å². The maximum atomic E-state index is 13.0. The van der Waals surface area contributed by atoms with Crippen LogP contribution in [-0.4, -0.2) is 37.2 Å². The highest BCUT2D eigenvalue weighted by Gasteiger charge is 2.36. The van der Waals surface area contributed by atoms with Gasteiger partial charge in [0, 0.05) is 5.56 Å². The van der Waals surface area contributed by atoms with Crippen LogP contribution in [0, 0.1) is 0 Å². The van der Waals surface area contributed by atoms with Crippen molar-refractivity contribution in [3.8, 4) is 17.2 Å². The predicted octanol–water partition coefficient (Wildman–Crippen LogP) is 2.80. The van der Waals surface area contributed by atoms with Crippen molar-refractivity contribution in [2.75, 3.05) is 19.1 Å². The molecule has 0 radical (unpaired) electrons. The summed E-state index contributed by atoms with van der Waals surface area (Å²) in [5.41, 5.74) is 1.02. The molecule has 2 aromatic rings. The summed E-state index contributed by atoms with van der Waals surface area (Å²) in [7, 11) is 2.89. The van der Waals surface area contributed by atoms with Gasteiger partial charge in [0.1, 0.15) is 11.3 Å². The van der Waals surface area contributed by atoms with Crippen molar-refractivity contribution >= 4 is 29.6 Å². The number of allylic oxidation sites excluding steroid dienone is 1. The predicted molar refractivity (Wildman–Crippen MR) is 111 cm³/mol. The van der Waals surface area contributed by atoms with Crippen molar-refractivity contribution < 1.29 is 29.0 Å². The summed E-state index contributed by atoms with van der Waals surface area (Å²) in [4.78, 5) is 38.5. The summed E-state index contributed by atoms with van der Waals surface area (Å²) < 4.78 is 10.3. The summed E-state index contributed by atoms with van der Waals surface area (Å²) in [6.45, 7) is 3.65. The molecule has 30 heavy (non-hydrogen) atoms. The van der Waals surface area contributed by atoms with E-state index in [-0.39, 0.29) is 22.8 Å². The molecule has 0 unspecified atom stereocenters. The minimum Gasteiger partial charge on any atom is -0.504 e. The number of barbiturate groups is 1. The molecule has 1 heterocycles. The normalized spacial score (nSPS) is 15.2. The van der Waals surface area contributed by atoms with Crippen molar-refractivity contribution in [3.05, 3.63) is 65.8 Å². The topological polar surface area (TPSA) is 105 Å². The highest BCUT2D eigenvalue weighted by atomic mass is 16.5.